The molecule has 0 radical (unpaired) electrons. The van der Waals surface area contributed by atoms with Crippen LogP contribution in [0.25, 0.3) is 11.3 Å². The van der Waals surface area contributed by atoms with Gasteiger partial charge in [-0.2, -0.15) is 13.2 Å². The van der Waals surface area contributed by atoms with Gasteiger partial charge in [0.1, 0.15) is 6.04 Å². The van der Waals surface area contributed by atoms with Crippen LogP contribution in [0.2, 0.25) is 0 Å². The van der Waals surface area contributed by atoms with E-state index >= 15 is 0 Å². The van der Waals surface area contributed by atoms with Gasteiger partial charge in [0.15, 0.2) is 16.6 Å². The third-order valence-electron chi connectivity index (χ3n) is 4.78. The van der Waals surface area contributed by atoms with Crippen molar-refractivity contribution in [2.45, 2.75) is 36.7 Å². The van der Waals surface area contributed by atoms with Crippen LogP contribution in [0.5, 0.6) is 0 Å². The Hall–Kier alpha value is -2.68. The van der Waals surface area contributed by atoms with Gasteiger partial charge < -0.3 is 5.73 Å². The number of pyridine rings is 1. The topological polar surface area (TPSA) is 141 Å². The fraction of sp³-hybridized carbons (Fsp3) is 0.316. The second-order valence-electron chi connectivity index (χ2n) is 7.37. The number of hydrogen-bond donors (Lipinski definition) is 2. The molecule has 1 saturated carbocycles. The van der Waals surface area contributed by atoms with Gasteiger partial charge in [-0.15, -0.1) is 23.7 Å². The van der Waals surface area contributed by atoms with Crippen LogP contribution in [-0.4, -0.2) is 39.4 Å². The lowest BCUT2D eigenvalue weighted by Crippen LogP contribution is -2.24. The Bertz CT molecular complexity index is 1280. The van der Waals surface area contributed by atoms with Gasteiger partial charge in [0, 0.05) is 22.8 Å². The highest BCUT2D eigenvalue weighted by Crippen LogP contribution is 2.31. The Kier molecular flexibility index (Phi) is 7.55. The van der Waals surface area contributed by atoms with Crippen molar-refractivity contribution in [3.05, 3.63) is 53.2 Å². The molecular formula is C19H18ClF3N6O3S2. The maximum Gasteiger partial charge on any atom is 0.434 e. The molecule has 182 valence electrons. The zero-order valence-corrected chi connectivity index (χ0v) is 19.6. The van der Waals surface area contributed by atoms with Gasteiger partial charge in [-0.05, 0) is 25.0 Å². The van der Waals surface area contributed by atoms with E-state index in [1.807, 2.05) is 0 Å². The van der Waals surface area contributed by atoms with E-state index in [0.29, 0.717) is 30.3 Å². The zero-order valence-electron chi connectivity index (χ0n) is 17.2. The van der Waals surface area contributed by atoms with Gasteiger partial charge in [0.2, 0.25) is 10.0 Å². The van der Waals surface area contributed by atoms with Gasteiger partial charge in [0.25, 0.3) is 0 Å². The molecular weight excluding hydrogens is 517 g/mol. The molecule has 0 saturated heterocycles. The molecule has 1 unspecified atom stereocenters. The predicted molar refractivity (Wildman–Crippen MR) is 121 cm³/mol. The number of anilines is 1. The van der Waals surface area contributed by atoms with Gasteiger partial charge in [-0.1, -0.05) is 0 Å². The number of thiazole rings is 1. The first-order chi connectivity index (χ1) is 15.5. The van der Waals surface area contributed by atoms with E-state index in [2.05, 4.69) is 24.7 Å². The van der Waals surface area contributed by atoms with Crippen LogP contribution in [0, 0.1) is 0 Å². The van der Waals surface area contributed by atoms with Crippen molar-refractivity contribution in [1.29, 1.82) is 0 Å². The summed E-state index contributed by atoms with van der Waals surface area (Å²) in [5.41, 5.74) is 5.74. The third kappa shape index (κ3) is 6.05. The molecule has 3 aromatic rings. The maximum absolute atomic E-state index is 12.8. The van der Waals surface area contributed by atoms with Crippen molar-refractivity contribution < 1.29 is 26.4 Å². The summed E-state index contributed by atoms with van der Waals surface area (Å²) in [6.07, 6.45) is -0.430. The molecule has 0 amide bonds. The number of rotatable bonds is 8. The molecule has 0 spiro atoms. The minimum absolute atomic E-state index is 0. The number of nitrogens with two attached hydrogens (primary N) is 1. The van der Waals surface area contributed by atoms with Crippen molar-refractivity contribution in [3.63, 3.8) is 0 Å². The van der Waals surface area contributed by atoms with E-state index in [9.17, 15) is 26.4 Å². The highest BCUT2D eigenvalue weighted by molar-refractivity contribution is 7.93. The molecule has 0 aromatic carbocycles. The van der Waals surface area contributed by atoms with Crippen LogP contribution in [0.3, 0.4) is 0 Å². The van der Waals surface area contributed by atoms with E-state index < -0.39 is 39.0 Å². The van der Waals surface area contributed by atoms with Crippen molar-refractivity contribution in [1.82, 2.24) is 19.9 Å². The normalized spacial score (nSPS) is 14.8. The Balaban J connectivity index is 0.00000324. The minimum atomic E-state index is -4.62. The van der Waals surface area contributed by atoms with Crippen LogP contribution < -0.4 is 10.5 Å². The summed E-state index contributed by atoms with van der Waals surface area (Å²) in [7, 11) is -3.47. The van der Waals surface area contributed by atoms with Gasteiger partial charge in [-0.25, -0.2) is 18.4 Å². The molecule has 34 heavy (non-hydrogen) atoms. The molecule has 9 nitrogen and oxygen atoms in total. The van der Waals surface area contributed by atoms with Gasteiger partial charge >= 0.3 is 6.18 Å². The molecule has 3 aromatic heterocycles. The average Bonchev–Trinajstić information content (AvgIpc) is 3.54. The Labute approximate surface area is 202 Å². The zero-order chi connectivity index (χ0) is 23.8. The smallest absolute Gasteiger partial charge is 0.316 e. The second kappa shape index (κ2) is 9.90. The second-order valence-corrected chi connectivity index (χ2v) is 10.2. The molecule has 1 aliphatic carbocycles. The summed E-state index contributed by atoms with van der Waals surface area (Å²) in [5, 5.41) is 1.25. The molecule has 1 fully saturated rings. The molecule has 1 atom stereocenters. The SMILES string of the molecule is Cl.NC(C(=O)Cc1ccc(-c2cncc(C(F)(F)F)n2)cn1)c1csc(NS(=O)(=O)C2CC2)n1. The van der Waals surface area contributed by atoms with Gasteiger partial charge in [0.05, 0.1) is 35.5 Å². The van der Waals surface area contributed by atoms with E-state index in [-0.39, 0.29) is 35.3 Å². The number of halogens is 4. The minimum Gasteiger partial charge on any atom is -0.316 e. The molecule has 0 bridgehead atoms. The summed E-state index contributed by atoms with van der Waals surface area (Å²) in [6.45, 7) is 0. The Morgan fingerprint density at radius 1 is 1.21 bits per heavy atom. The van der Waals surface area contributed by atoms with Crippen LogP contribution in [-0.2, 0) is 27.4 Å². The van der Waals surface area contributed by atoms with Crippen LogP contribution >= 0.6 is 23.7 Å². The highest BCUT2D eigenvalue weighted by atomic mass is 35.5. The van der Waals surface area contributed by atoms with E-state index in [1.165, 1.54) is 29.9 Å². The van der Waals surface area contributed by atoms with Crippen molar-refractivity contribution >= 4 is 44.7 Å². The standard InChI is InChI=1S/C19H17F3N6O3S2.ClH/c20-19(21,22)16-8-24-7-13(26-16)10-1-2-11(25-6-10)5-15(29)17(23)14-9-32-18(27-14)28-33(30,31)12-3-4-12;/h1-2,6-9,12,17H,3-5,23H2,(H,27,28);1H. The van der Waals surface area contributed by atoms with E-state index in [4.69, 9.17) is 5.73 Å². The van der Waals surface area contributed by atoms with Crippen LogP contribution in [0.4, 0.5) is 18.3 Å². The lowest BCUT2D eigenvalue weighted by molar-refractivity contribution is -0.141. The summed E-state index contributed by atoms with van der Waals surface area (Å²) in [6, 6.07) is 1.88. The fourth-order valence-electron chi connectivity index (χ4n) is 2.83. The fourth-order valence-corrected chi connectivity index (χ4v) is 5.18. The summed E-state index contributed by atoms with van der Waals surface area (Å²) in [4.78, 5) is 27.9. The van der Waals surface area contributed by atoms with Gasteiger partial charge in [-0.3, -0.25) is 19.5 Å². The number of Topliss-reactive ketones (excluding diaryl/α,β-unsaturated/α-hetero) is 1. The largest absolute Gasteiger partial charge is 0.434 e. The Morgan fingerprint density at radius 3 is 2.56 bits per heavy atom. The summed E-state index contributed by atoms with van der Waals surface area (Å²) >= 11 is 1.03. The number of alkyl halides is 3. The molecule has 3 N–H and O–H groups in total. The quantitative estimate of drug-likeness (QED) is 0.449. The molecule has 15 heteroatoms. The molecule has 0 aliphatic heterocycles. The first-order valence-electron chi connectivity index (χ1n) is 9.63. The van der Waals surface area contributed by atoms with Crippen LogP contribution in [0.1, 0.15) is 36.0 Å². The number of hydrogen-bond acceptors (Lipinski definition) is 9. The lowest BCUT2D eigenvalue weighted by Gasteiger charge is -2.09. The predicted octanol–water partition coefficient (Wildman–Crippen LogP) is 3.15. The number of sulfonamides is 1. The lowest BCUT2D eigenvalue weighted by atomic mass is 10.1. The number of ketones is 1. The maximum atomic E-state index is 12.8. The average molecular weight is 535 g/mol. The first kappa shape index (κ1) is 25.9. The number of aromatic nitrogens is 4. The van der Waals surface area contributed by atoms with E-state index in [1.54, 1.807) is 0 Å². The number of nitrogens with one attached hydrogen (secondary N) is 1. The van der Waals surface area contributed by atoms with Crippen molar-refractivity contribution in [3.8, 4) is 11.3 Å². The molecule has 4 rings (SSSR count). The van der Waals surface area contributed by atoms with Crippen LogP contribution in [0.15, 0.2) is 36.1 Å². The molecule has 3 heterocycles. The first-order valence-corrected chi connectivity index (χ1v) is 12.1. The molecule has 1 aliphatic rings. The van der Waals surface area contributed by atoms with Crippen molar-refractivity contribution in [2.75, 3.05) is 4.72 Å². The number of carbonyl (C=O) groups is 1. The van der Waals surface area contributed by atoms with Crippen molar-refractivity contribution in [2.24, 2.45) is 5.73 Å². The number of carbonyl (C=O) groups excluding carboxylic acids is 1. The third-order valence-corrected chi connectivity index (χ3v) is 7.51. The van der Waals surface area contributed by atoms with E-state index in [0.717, 1.165) is 11.3 Å². The Morgan fingerprint density at radius 2 is 1.94 bits per heavy atom. The highest BCUT2D eigenvalue weighted by Gasteiger charge is 2.36. The monoisotopic (exact) mass is 534 g/mol. The summed E-state index contributed by atoms with van der Waals surface area (Å²) < 4.78 is 64.9. The summed E-state index contributed by atoms with van der Waals surface area (Å²) in [5.74, 6) is -0.406. The number of nitrogens with zero attached hydrogens (tertiary/aromatic N) is 4.